The molecule has 57 heavy (non-hydrogen) atoms. The van der Waals surface area contributed by atoms with Crippen molar-refractivity contribution in [3.63, 3.8) is 0 Å². The molecule has 264 valence electrons. The van der Waals surface area contributed by atoms with Crippen LogP contribution in [0.5, 0.6) is 0 Å². The number of hydrogen-bond acceptors (Lipinski definition) is 3. The number of nitrogens with zero attached hydrogens (tertiary/aromatic N) is 5. The van der Waals surface area contributed by atoms with Crippen molar-refractivity contribution >= 4 is 43.6 Å². The molecule has 0 saturated carbocycles. The van der Waals surface area contributed by atoms with Crippen LogP contribution in [0.2, 0.25) is 0 Å². The van der Waals surface area contributed by atoms with Crippen LogP contribution in [0.15, 0.2) is 188 Å². The van der Waals surface area contributed by atoms with E-state index in [1.165, 1.54) is 77.1 Å². The van der Waals surface area contributed by atoms with Crippen molar-refractivity contribution in [2.24, 2.45) is 0 Å². The lowest BCUT2D eigenvalue weighted by Crippen LogP contribution is -2.36. The second-order valence-corrected chi connectivity index (χ2v) is 15.1. The Hall–Kier alpha value is -7.63. The van der Waals surface area contributed by atoms with Gasteiger partial charge in [-0.2, -0.15) is 0 Å². The van der Waals surface area contributed by atoms with Gasteiger partial charge in [-0.1, -0.05) is 164 Å². The van der Waals surface area contributed by atoms with Gasteiger partial charge in [-0.05, 0) is 46.5 Å². The van der Waals surface area contributed by atoms with Gasteiger partial charge in [0.25, 0.3) is 0 Å². The highest BCUT2D eigenvalue weighted by Crippen LogP contribution is 2.59. The zero-order valence-electron chi connectivity index (χ0n) is 30.6. The molecular weight excluding hydrogens is 695 g/mol. The highest BCUT2D eigenvalue weighted by atomic mass is 15.1. The van der Waals surface area contributed by atoms with Crippen LogP contribution in [0.4, 0.5) is 0 Å². The first-order chi connectivity index (χ1) is 28.3. The van der Waals surface area contributed by atoms with E-state index in [2.05, 4.69) is 161 Å². The highest BCUT2D eigenvalue weighted by molar-refractivity contribution is 6.24. The molecule has 5 nitrogen and oxygen atoms in total. The van der Waals surface area contributed by atoms with Crippen LogP contribution in [-0.4, -0.2) is 24.1 Å². The van der Waals surface area contributed by atoms with E-state index in [9.17, 15) is 0 Å². The molecule has 13 rings (SSSR count). The van der Waals surface area contributed by atoms with Crippen molar-refractivity contribution in [3.8, 4) is 51.0 Å². The zero-order chi connectivity index (χ0) is 37.2. The van der Waals surface area contributed by atoms with Crippen LogP contribution in [0.25, 0.3) is 94.6 Å². The number of para-hydroxylation sites is 3. The van der Waals surface area contributed by atoms with Gasteiger partial charge in [-0.3, -0.25) is 0 Å². The fraction of sp³-hybridized carbons (Fsp3) is 0.0192. The molecule has 8 aromatic carbocycles. The highest BCUT2D eigenvalue weighted by Gasteiger charge is 2.50. The van der Waals surface area contributed by atoms with E-state index >= 15 is 0 Å². The van der Waals surface area contributed by atoms with Crippen molar-refractivity contribution in [3.05, 3.63) is 205 Å². The quantitative estimate of drug-likeness (QED) is 0.182. The molecule has 0 radical (unpaired) electrons. The SMILES string of the molecule is c1ccc(-c2nc(-c3ccccc3)nc(-c3ccc4c(c3)C3(c5ccccc5-4)c4ccccc4-n4c5ccccc5c5ccc6c7ccccc7n3c6c54)n2)cc1. The lowest BCUT2D eigenvalue weighted by atomic mass is 9.78. The van der Waals surface area contributed by atoms with Crippen molar-refractivity contribution in [1.29, 1.82) is 0 Å². The molecule has 5 heteroatoms. The number of fused-ring (bicyclic) bond motifs is 15. The van der Waals surface area contributed by atoms with Gasteiger partial charge in [0, 0.05) is 43.8 Å². The molecule has 2 aliphatic rings. The van der Waals surface area contributed by atoms with Gasteiger partial charge in [0.15, 0.2) is 17.5 Å². The molecule has 0 bridgehead atoms. The van der Waals surface area contributed by atoms with Crippen LogP contribution in [0, 0.1) is 0 Å². The van der Waals surface area contributed by atoms with Crippen molar-refractivity contribution in [2.75, 3.05) is 0 Å². The Morgan fingerprint density at radius 3 is 1.60 bits per heavy atom. The molecule has 1 aliphatic carbocycles. The smallest absolute Gasteiger partial charge is 0.164 e. The van der Waals surface area contributed by atoms with Crippen molar-refractivity contribution in [2.45, 2.75) is 5.54 Å². The van der Waals surface area contributed by atoms with E-state index in [0.717, 1.165) is 16.7 Å². The Balaban J connectivity index is 1.20. The lowest BCUT2D eigenvalue weighted by molar-refractivity contribution is 0.566. The van der Waals surface area contributed by atoms with E-state index in [1.54, 1.807) is 0 Å². The lowest BCUT2D eigenvalue weighted by Gasteiger charge is -2.36. The summed E-state index contributed by atoms with van der Waals surface area (Å²) in [6.07, 6.45) is 0. The Labute approximate surface area is 327 Å². The summed E-state index contributed by atoms with van der Waals surface area (Å²) in [6, 6.07) is 67.8. The van der Waals surface area contributed by atoms with E-state index in [0.29, 0.717) is 17.5 Å². The van der Waals surface area contributed by atoms with E-state index < -0.39 is 5.54 Å². The molecule has 11 aromatic rings. The van der Waals surface area contributed by atoms with Crippen LogP contribution >= 0.6 is 0 Å². The van der Waals surface area contributed by atoms with Crippen LogP contribution < -0.4 is 0 Å². The molecule has 4 heterocycles. The Kier molecular flexibility index (Phi) is 6.04. The predicted molar refractivity (Wildman–Crippen MR) is 231 cm³/mol. The van der Waals surface area contributed by atoms with Gasteiger partial charge in [0.2, 0.25) is 0 Å². The first-order valence-electron chi connectivity index (χ1n) is 19.5. The minimum atomic E-state index is -0.744. The van der Waals surface area contributed by atoms with Crippen molar-refractivity contribution in [1.82, 2.24) is 24.1 Å². The third-order valence-electron chi connectivity index (χ3n) is 12.3. The Morgan fingerprint density at radius 1 is 0.351 bits per heavy atom. The maximum absolute atomic E-state index is 5.21. The summed E-state index contributed by atoms with van der Waals surface area (Å²) in [7, 11) is 0. The van der Waals surface area contributed by atoms with Gasteiger partial charge < -0.3 is 9.13 Å². The normalized spacial score (nSPS) is 15.1. The summed E-state index contributed by atoms with van der Waals surface area (Å²) >= 11 is 0. The maximum Gasteiger partial charge on any atom is 0.164 e. The first-order valence-corrected chi connectivity index (χ1v) is 19.5. The summed E-state index contributed by atoms with van der Waals surface area (Å²) in [4.78, 5) is 15.4. The number of benzene rings is 8. The van der Waals surface area contributed by atoms with E-state index in [4.69, 9.17) is 15.0 Å². The molecule has 3 aromatic heterocycles. The average molecular weight is 726 g/mol. The second-order valence-electron chi connectivity index (χ2n) is 15.1. The molecular formula is C52H31N5. The summed E-state index contributed by atoms with van der Waals surface area (Å²) in [5.74, 6) is 1.93. The van der Waals surface area contributed by atoms with Crippen LogP contribution in [0.1, 0.15) is 16.7 Å². The van der Waals surface area contributed by atoms with Gasteiger partial charge in [-0.25, -0.2) is 15.0 Å². The zero-order valence-corrected chi connectivity index (χ0v) is 30.6. The minimum Gasteiger partial charge on any atom is -0.320 e. The molecule has 0 amide bonds. The summed E-state index contributed by atoms with van der Waals surface area (Å²) in [6.45, 7) is 0. The monoisotopic (exact) mass is 725 g/mol. The third kappa shape index (κ3) is 3.94. The Bertz CT molecular complexity index is 3410. The molecule has 0 fully saturated rings. The molecule has 1 atom stereocenters. The van der Waals surface area contributed by atoms with Crippen LogP contribution in [-0.2, 0) is 5.54 Å². The Morgan fingerprint density at radius 2 is 0.877 bits per heavy atom. The topological polar surface area (TPSA) is 48.5 Å². The van der Waals surface area contributed by atoms with E-state index in [1.807, 2.05) is 36.4 Å². The second kappa shape index (κ2) is 11.2. The fourth-order valence-electron chi connectivity index (χ4n) is 10.1. The number of hydrogen-bond donors (Lipinski definition) is 0. The van der Waals surface area contributed by atoms with Gasteiger partial charge >= 0.3 is 0 Å². The van der Waals surface area contributed by atoms with Gasteiger partial charge in [0.1, 0.15) is 5.54 Å². The first kappa shape index (κ1) is 30.7. The molecule has 1 aliphatic heterocycles. The summed E-state index contributed by atoms with van der Waals surface area (Å²) in [5, 5.41) is 4.99. The molecule has 0 saturated heterocycles. The molecule has 0 N–H and O–H groups in total. The number of aromatic nitrogens is 5. The van der Waals surface area contributed by atoms with E-state index in [-0.39, 0.29) is 0 Å². The molecule has 1 spiro atoms. The minimum absolute atomic E-state index is 0.639. The standard InChI is InChI=1S/C52H31N5/c1-3-15-32(16-4-1)49-53-50(33-17-5-2-6-18-33)55-51(54-49)34-27-28-36-35-19-7-10-22-41(35)52(43(36)31-34)42-23-11-14-26-46(42)56-44-24-12-8-20-37(44)39-29-30-40-38-21-9-13-25-45(38)57(52)48(40)47(39)56/h1-31H. The maximum atomic E-state index is 5.21. The summed E-state index contributed by atoms with van der Waals surface area (Å²) in [5.41, 5.74) is 14.2. The van der Waals surface area contributed by atoms with Crippen molar-refractivity contribution < 1.29 is 0 Å². The molecule has 1 unspecified atom stereocenters. The van der Waals surface area contributed by atoms with Gasteiger partial charge in [0.05, 0.1) is 27.8 Å². The summed E-state index contributed by atoms with van der Waals surface area (Å²) < 4.78 is 5.20. The number of rotatable bonds is 3. The third-order valence-corrected chi connectivity index (χ3v) is 12.3. The average Bonchev–Trinajstić information content (AvgIpc) is 3.88. The van der Waals surface area contributed by atoms with Crippen LogP contribution in [0.3, 0.4) is 0 Å². The fourth-order valence-corrected chi connectivity index (χ4v) is 10.1. The largest absolute Gasteiger partial charge is 0.320 e. The predicted octanol–water partition coefficient (Wildman–Crippen LogP) is 12.2. The van der Waals surface area contributed by atoms with Gasteiger partial charge in [-0.15, -0.1) is 0 Å².